The standard InChI is InChI=1S/C13H23IO2/c1-6-11(15)16-10-7-9(8-14)12(2,3)13(10,4)5/h9-10H,6-8H2,1-5H3. The van der Waals surface area contributed by atoms with Crippen LogP contribution in [0.15, 0.2) is 0 Å². The number of alkyl halides is 1. The van der Waals surface area contributed by atoms with Crippen LogP contribution in [0.5, 0.6) is 0 Å². The summed E-state index contributed by atoms with van der Waals surface area (Å²) in [6.45, 7) is 10.9. The lowest BCUT2D eigenvalue weighted by Gasteiger charge is -2.40. The summed E-state index contributed by atoms with van der Waals surface area (Å²) < 4.78 is 6.73. The second kappa shape index (κ2) is 4.83. The van der Waals surface area contributed by atoms with Crippen LogP contribution in [0.1, 0.15) is 47.5 Å². The van der Waals surface area contributed by atoms with Gasteiger partial charge in [-0.25, -0.2) is 0 Å². The van der Waals surface area contributed by atoms with Crippen molar-refractivity contribution in [2.45, 2.75) is 53.6 Å². The molecule has 0 spiro atoms. The zero-order chi connectivity index (χ0) is 12.6. The molecular formula is C13H23IO2. The molecule has 0 amide bonds. The van der Waals surface area contributed by atoms with Crippen molar-refractivity contribution < 1.29 is 9.53 Å². The summed E-state index contributed by atoms with van der Waals surface area (Å²) in [5, 5.41) is 0. The smallest absolute Gasteiger partial charge is 0.305 e. The number of rotatable bonds is 3. The first kappa shape index (κ1) is 14.3. The highest BCUT2D eigenvalue weighted by Crippen LogP contribution is 2.57. The molecule has 1 rings (SSSR count). The lowest BCUT2D eigenvalue weighted by Crippen LogP contribution is -2.39. The number of halogens is 1. The molecule has 3 heteroatoms. The topological polar surface area (TPSA) is 26.3 Å². The SMILES string of the molecule is CCC(=O)OC1CC(CI)C(C)(C)C1(C)C. The number of carbonyl (C=O) groups is 1. The van der Waals surface area contributed by atoms with Gasteiger partial charge < -0.3 is 4.74 Å². The Morgan fingerprint density at radius 1 is 1.31 bits per heavy atom. The number of carbonyl (C=O) groups excluding carboxylic acids is 1. The Hall–Kier alpha value is 0.200. The molecule has 1 saturated carbocycles. The molecule has 1 fully saturated rings. The Morgan fingerprint density at radius 3 is 2.25 bits per heavy atom. The Kier molecular flexibility index (Phi) is 4.30. The lowest BCUT2D eigenvalue weighted by molar-refractivity contribution is -0.155. The lowest BCUT2D eigenvalue weighted by atomic mass is 9.67. The Morgan fingerprint density at radius 2 is 1.88 bits per heavy atom. The van der Waals surface area contributed by atoms with Gasteiger partial charge in [0.2, 0.25) is 0 Å². The molecule has 2 unspecified atom stereocenters. The minimum atomic E-state index is -0.0667. The Labute approximate surface area is 113 Å². The molecule has 0 aliphatic heterocycles. The largest absolute Gasteiger partial charge is 0.462 e. The van der Waals surface area contributed by atoms with E-state index in [0.717, 1.165) is 10.8 Å². The van der Waals surface area contributed by atoms with Crippen molar-refractivity contribution in [2.24, 2.45) is 16.7 Å². The minimum absolute atomic E-state index is 0.0632. The molecule has 16 heavy (non-hydrogen) atoms. The maximum absolute atomic E-state index is 11.4. The highest BCUT2D eigenvalue weighted by molar-refractivity contribution is 14.1. The summed E-state index contributed by atoms with van der Waals surface area (Å²) >= 11 is 2.44. The molecular weight excluding hydrogens is 315 g/mol. The zero-order valence-corrected chi connectivity index (χ0v) is 13.1. The van der Waals surface area contributed by atoms with Gasteiger partial charge in [0.05, 0.1) is 0 Å². The molecule has 1 aliphatic carbocycles. The molecule has 2 nitrogen and oxygen atoms in total. The maximum atomic E-state index is 11.4. The number of esters is 1. The monoisotopic (exact) mass is 338 g/mol. The Bertz CT molecular complexity index is 271. The van der Waals surface area contributed by atoms with Crippen molar-refractivity contribution in [3.63, 3.8) is 0 Å². The van der Waals surface area contributed by atoms with Crippen LogP contribution in [0.3, 0.4) is 0 Å². The molecule has 0 heterocycles. The highest BCUT2D eigenvalue weighted by atomic mass is 127. The van der Waals surface area contributed by atoms with Gasteiger partial charge in [-0.15, -0.1) is 0 Å². The summed E-state index contributed by atoms with van der Waals surface area (Å²) in [5.74, 6) is 0.570. The van der Waals surface area contributed by atoms with E-state index in [0.29, 0.717) is 12.3 Å². The van der Waals surface area contributed by atoms with Crippen LogP contribution >= 0.6 is 22.6 Å². The normalized spacial score (nSPS) is 31.4. The van der Waals surface area contributed by atoms with Gasteiger partial charge >= 0.3 is 5.97 Å². The minimum Gasteiger partial charge on any atom is -0.462 e. The van der Waals surface area contributed by atoms with Gasteiger partial charge in [-0.3, -0.25) is 4.79 Å². The molecule has 0 bridgehead atoms. The first-order valence-electron chi connectivity index (χ1n) is 6.02. The van der Waals surface area contributed by atoms with Gasteiger partial charge in [-0.05, 0) is 17.8 Å². The van der Waals surface area contributed by atoms with E-state index in [2.05, 4.69) is 50.3 Å². The first-order valence-corrected chi connectivity index (χ1v) is 7.55. The second-order valence-corrected chi connectivity index (χ2v) is 6.74. The summed E-state index contributed by atoms with van der Waals surface area (Å²) in [4.78, 5) is 11.4. The zero-order valence-electron chi connectivity index (χ0n) is 11.0. The third-order valence-corrected chi connectivity index (χ3v) is 5.80. The van der Waals surface area contributed by atoms with Gasteiger partial charge in [0.25, 0.3) is 0 Å². The third-order valence-electron chi connectivity index (χ3n) is 4.73. The van der Waals surface area contributed by atoms with E-state index in [4.69, 9.17) is 4.74 Å². The van der Waals surface area contributed by atoms with E-state index in [1.54, 1.807) is 0 Å². The van der Waals surface area contributed by atoms with Crippen LogP contribution in [-0.4, -0.2) is 16.5 Å². The van der Waals surface area contributed by atoms with E-state index in [9.17, 15) is 4.79 Å². The van der Waals surface area contributed by atoms with Gasteiger partial charge in [-0.2, -0.15) is 0 Å². The van der Waals surface area contributed by atoms with Crippen LogP contribution < -0.4 is 0 Å². The van der Waals surface area contributed by atoms with Crippen LogP contribution in [0.2, 0.25) is 0 Å². The van der Waals surface area contributed by atoms with E-state index in [-0.39, 0.29) is 22.9 Å². The van der Waals surface area contributed by atoms with Crippen LogP contribution in [0, 0.1) is 16.7 Å². The summed E-state index contributed by atoms with van der Waals surface area (Å²) in [6, 6.07) is 0. The van der Waals surface area contributed by atoms with Crippen molar-refractivity contribution >= 4 is 28.6 Å². The van der Waals surface area contributed by atoms with Crippen molar-refractivity contribution in [3.05, 3.63) is 0 Å². The molecule has 0 aromatic carbocycles. The maximum Gasteiger partial charge on any atom is 0.305 e. The quantitative estimate of drug-likeness (QED) is 0.444. The number of hydrogen-bond acceptors (Lipinski definition) is 2. The molecule has 0 saturated heterocycles. The third kappa shape index (κ3) is 2.24. The summed E-state index contributed by atoms with van der Waals surface area (Å²) in [5.41, 5.74) is 0.292. The van der Waals surface area contributed by atoms with Gasteiger partial charge in [-0.1, -0.05) is 57.2 Å². The van der Waals surface area contributed by atoms with Crippen LogP contribution in [0.4, 0.5) is 0 Å². The molecule has 0 N–H and O–H groups in total. The highest BCUT2D eigenvalue weighted by Gasteiger charge is 2.55. The summed E-state index contributed by atoms with van der Waals surface area (Å²) in [6.07, 6.45) is 1.56. The van der Waals surface area contributed by atoms with Crippen molar-refractivity contribution in [3.8, 4) is 0 Å². The van der Waals surface area contributed by atoms with E-state index in [1.807, 2.05) is 6.92 Å². The van der Waals surface area contributed by atoms with Crippen LogP contribution in [-0.2, 0) is 9.53 Å². The number of ether oxygens (including phenoxy) is 1. The fourth-order valence-corrected chi connectivity index (χ4v) is 3.94. The molecule has 0 aromatic rings. The van der Waals surface area contributed by atoms with Crippen molar-refractivity contribution in [1.29, 1.82) is 0 Å². The molecule has 0 aromatic heterocycles. The van der Waals surface area contributed by atoms with Crippen molar-refractivity contribution in [1.82, 2.24) is 0 Å². The molecule has 1 aliphatic rings. The average Bonchev–Trinajstić information content (AvgIpc) is 2.37. The predicted molar refractivity (Wildman–Crippen MR) is 74.7 cm³/mol. The van der Waals surface area contributed by atoms with E-state index < -0.39 is 0 Å². The summed E-state index contributed by atoms with van der Waals surface area (Å²) in [7, 11) is 0. The predicted octanol–water partition coefficient (Wildman–Crippen LogP) is 3.82. The molecule has 2 atom stereocenters. The van der Waals surface area contributed by atoms with Crippen molar-refractivity contribution in [2.75, 3.05) is 4.43 Å². The average molecular weight is 338 g/mol. The Balaban J connectivity index is 2.86. The van der Waals surface area contributed by atoms with E-state index in [1.165, 1.54) is 0 Å². The molecule has 0 radical (unpaired) electrons. The van der Waals surface area contributed by atoms with Gasteiger partial charge in [0, 0.05) is 16.3 Å². The van der Waals surface area contributed by atoms with Gasteiger partial charge in [0.1, 0.15) is 6.10 Å². The fraction of sp³-hybridized carbons (Fsp3) is 0.923. The molecule has 94 valence electrons. The first-order chi connectivity index (χ1) is 7.27. The number of hydrogen-bond donors (Lipinski definition) is 0. The van der Waals surface area contributed by atoms with E-state index >= 15 is 0 Å². The van der Waals surface area contributed by atoms with Crippen LogP contribution in [0.25, 0.3) is 0 Å². The fourth-order valence-electron chi connectivity index (χ4n) is 2.48. The second-order valence-electron chi connectivity index (χ2n) is 5.86. The van der Waals surface area contributed by atoms with Gasteiger partial charge in [0.15, 0.2) is 0 Å².